The average molecular weight is 422 g/mol. The van der Waals surface area contributed by atoms with E-state index in [4.69, 9.17) is 0 Å². The van der Waals surface area contributed by atoms with E-state index in [2.05, 4.69) is 10.2 Å². The molecule has 164 valence electrons. The summed E-state index contributed by atoms with van der Waals surface area (Å²) in [6.07, 6.45) is 0. The van der Waals surface area contributed by atoms with Crippen molar-refractivity contribution >= 4 is 23.3 Å². The van der Waals surface area contributed by atoms with Gasteiger partial charge in [0, 0.05) is 43.0 Å². The molecule has 1 aliphatic heterocycles. The van der Waals surface area contributed by atoms with Gasteiger partial charge in [0.2, 0.25) is 5.91 Å². The molecule has 6 nitrogen and oxygen atoms in total. The molecule has 0 bridgehead atoms. The molecule has 31 heavy (non-hydrogen) atoms. The molecule has 0 aromatic heterocycles. The van der Waals surface area contributed by atoms with Gasteiger partial charge in [-0.15, -0.1) is 0 Å². The van der Waals surface area contributed by atoms with Crippen molar-refractivity contribution in [1.82, 2.24) is 10.2 Å². The molecule has 0 radical (unpaired) electrons. The van der Waals surface area contributed by atoms with Crippen LogP contribution in [0.15, 0.2) is 48.5 Å². The second-order valence-electron chi connectivity index (χ2n) is 8.48. The third-order valence-corrected chi connectivity index (χ3v) is 5.73. The zero-order chi connectivity index (χ0) is 22.5. The molecule has 1 heterocycles. The van der Waals surface area contributed by atoms with Gasteiger partial charge in [0.1, 0.15) is 6.04 Å². The lowest BCUT2D eigenvalue weighted by Gasteiger charge is -2.38. The smallest absolute Gasteiger partial charge is 0.251 e. The molecule has 2 amide bonds. The first-order chi connectivity index (χ1) is 14.8. The van der Waals surface area contributed by atoms with Gasteiger partial charge in [-0.25, -0.2) is 0 Å². The van der Waals surface area contributed by atoms with E-state index in [0.29, 0.717) is 37.3 Å². The number of Topliss-reactive ketones (excluding diaryl/α,β-unsaturated/α-hetero) is 1. The van der Waals surface area contributed by atoms with Gasteiger partial charge in [-0.3, -0.25) is 14.4 Å². The highest BCUT2D eigenvalue weighted by atomic mass is 16.2. The quantitative estimate of drug-likeness (QED) is 0.727. The van der Waals surface area contributed by atoms with E-state index in [1.54, 1.807) is 13.0 Å². The molecule has 1 N–H and O–H groups in total. The molecule has 1 aliphatic rings. The van der Waals surface area contributed by atoms with Crippen molar-refractivity contribution in [3.05, 3.63) is 65.2 Å². The summed E-state index contributed by atoms with van der Waals surface area (Å²) in [6.45, 7) is 10.0. The molecule has 3 rings (SSSR count). The van der Waals surface area contributed by atoms with Gasteiger partial charge >= 0.3 is 0 Å². The summed E-state index contributed by atoms with van der Waals surface area (Å²) in [6, 6.07) is 14.4. The summed E-state index contributed by atoms with van der Waals surface area (Å²) < 4.78 is 0. The van der Waals surface area contributed by atoms with Gasteiger partial charge < -0.3 is 15.1 Å². The van der Waals surface area contributed by atoms with E-state index in [1.807, 2.05) is 68.1 Å². The topological polar surface area (TPSA) is 69.7 Å². The van der Waals surface area contributed by atoms with Crippen molar-refractivity contribution in [3.63, 3.8) is 0 Å². The van der Waals surface area contributed by atoms with Gasteiger partial charge in [-0.1, -0.05) is 31.5 Å². The summed E-state index contributed by atoms with van der Waals surface area (Å²) in [7, 11) is 0. The highest BCUT2D eigenvalue weighted by Crippen LogP contribution is 2.19. The van der Waals surface area contributed by atoms with Crippen molar-refractivity contribution in [2.45, 2.75) is 33.7 Å². The highest BCUT2D eigenvalue weighted by molar-refractivity contribution is 5.98. The van der Waals surface area contributed by atoms with Crippen molar-refractivity contribution in [3.8, 4) is 0 Å². The summed E-state index contributed by atoms with van der Waals surface area (Å²) in [5, 5.41) is 2.94. The number of hydrogen-bond acceptors (Lipinski definition) is 4. The average Bonchev–Trinajstić information content (AvgIpc) is 2.77. The molecule has 1 atom stereocenters. The lowest BCUT2D eigenvalue weighted by molar-refractivity contribution is -0.134. The molecular formula is C25H31N3O3. The van der Waals surface area contributed by atoms with Gasteiger partial charge in [0.25, 0.3) is 5.91 Å². The van der Waals surface area contributed by atoms with Crippen LogP contribution in [0.2, 0.25) is 0 Å². The van der Waals surface area contributed by atoms with Crippen LogP contribution in [0.25, 0.3) is 0 Å². The van der Waals surface area contributed by atoms with Gasteiger partial charge in [-0.2, -0.15) is 0 Å². The number of nitrogens with one attached hydrogen (secondary N) is 1. The minimum atomic E-state index is -0.561. The molecule has 0 aliphatic carbocycles. The number of anilines is 1. The largest absolute Gasteiger partial charge is 0.368 e. The molecule has 1 fully saturated rings. The van der Waals surface area contributed by atoms with Crippen LogP contribution < -0.4 is 10.2 Å². The second-order valence-corrected chi connectivity index (χ2v) is 8.48. The van der Waals surface area contributed by atoms with Crippen LogP contribution in [0.3, 0.4) is 0 Å². The summed E-state index contributed by atoms with van der Waals surface area (Å²) >= 11 is 0. The van der Waals surface area contributed by atoms with E-state index >= 15 is 0 Å². The Hall–Kier alpha value is -3.15. The number of amides is 2. The van der Waals surface area contributed by atoms with Crippen LogP contribution in [0.5, 0.6) is 0 Å². The Bertz CT molecular complexity index is 945. The number of hydrogen-bond donors (Lipinski definition) is 1. The molecular weight excluding hydrogens is 390 g/mol. The van der Waals surface area contributed by atoms with Crippen LogP contribution >= 0.6 is 0 Å². The standard InChI is InChI=1S/C25H31N3O3/c1-17(2)23(26-24(30)21-7-5-6-18(3)16-21)25(31)28-14-12-27(13-15-28)22-10-8-20(9-11-22)19(4)29/h5-11,16-17,23H,12-15H2,1-4H3,(H,26,30)/t23-/m0/s1. The molecule has 0 spiro atoms. The normalized spacial score (nSPS) is 15.0. The molecule has 2 aromatic rings. The first-order valence-electron chi connectivity index (χ1n) is 10.8. The Morgan fingerprint density at radius 1 is 0.903 bits per heavy atom. The number of carbonyl (C=O) groups is 3. The zero-order valence-corrected chi connectivity index (χ0v) is 18.7. The summed E-state index contributed by atoms with van der Waals surface area (Å²) in [4.78, 5) is 41.4. The summed E-state index contributed by atoms with van der Waals surface area (Å²) in [5.41, 5.74) is 3.32. The number of nitrogens with zero attached hydrogens (tertiary/aromatic N) is 2. The van der Waals surface area contributed by atoms with Crippen LogP contribution in [0, 0.1) is 12.8 Å². The van der Waals surface area contributed by atoms with Crippen molar-refractivity contribution in [2.75, 3.05) is 31.1 Å². The summed E-state index contributed by atoms with van der Waals surface area (Å²) in [5.74, 6) is -0.227. The molecule has 6 heteroatoms. The number of aryl methyl sites for hydroxylation is 1. The van der Waals surface area contributed by atoms with Crippen LogP contribution in [-0.4, -0.2) is 54.7 Å². The fourth-order valence-electron chi connectivity index (χ4n) is 3.81. The zero-order valence-electron chi connectivity index (χ0n) is 18.7. The van der Waals surface area contributed by atoms with Crippen molar-refractivity contribution < 1.29 is 14.4 Å². The number of ketones is 1. The highest BCUT2D eigenvalue weighted by Gasteiger charge is 2.31. The first-order valence-corrected chi connectivity index (χ1v) is 10.8. The van der Waals surface area contributed by atoms with Gasteiger partial charge in [-0.05, 0) is 56.2 Å². The Kier molecular flexibility index (Phi) is 7.10. The first kappa shape index (κ1) is 22.5. The SMILES string of the molecule is CC(=O)c1ccc(N2CCN(C(=O)[C@@H](NC(=O)c3cccc(C)c3)C(C)C)CC2)cc1. The maximum atomic E-state index is 13.2. The fourth-order valence-corrected chi connectivity index (χ4v) is 3.81. The van der Waals surface area contributed by atoms with Crippen LogP contribution in [0.1, 0.15) is 47.1 Å². The Balaban J connectivity index is 1.62. The second kappa shape index (κ2) is 9.77. The van der Waals surface area contributed by atoms with Gasteiger partial charge in [0.15, 0.2) is 5.78 Å². The fraction of sp³-hybridized carbons (Fsp3) is 0.400. The predicted molar refractivity (Wildman–Crippen MR) is 123 cm³/mol. The minimum absolute atomic E-state index is 0.0154. The minimum Gasteiger partial charge on any atom is -0.368 e. The monoisotopic (exact) mass is 421 g/mol. The van der Waals surface area contributed by atoms with Gasteiger partial charge in [0.05, 0.1) is 0 Å². The van der Waals surface area contributed by atoms with Crippen molar-refractivity contribution in [2.24, 2.45) is 5.92 Å². The Morgan fingerprint density at radius 2 is 1.55 bits per heavy atom. The molecule has 2 aromatic carbocycles. The van der Waals surface area contributed by atoms with Crippen molar-refractivity contribution in [1.29, 1.82) is 0 Å². The van der Waals surface area contributed by atoms with E-state index < -0.39 is 6.04 Å². The van der Waals surface area contributed by atoms with E-state index in [9.17, 15) is 14.4 Å². The van der Waals surface area contributed by atoms with E-state index in [0.717, 1.165) is 11.3 Å². The number of rotatable bonds is 6. The van der Waals surface area contributed by atoms with E-state index in [1.165, 1.54) is 0 Å². The molecule has 1 saturated heterocycles. The van der Waals surface area contributed by atoms with Crippen LogP contribution in [-0.2, 0) is 4.79 Å². The molecule has 0 saturated carbocycles. The number of carbonyl (C=O) groups excluding carboxylic acids is 3. The Labute approximate surface area is 184 Å². The lowest BCUT2D eigenvalue weighted by Crippen LogP contribution is -2.56. The predicted octanol–water partition coefficient (Wildman–Crippen LogP) is 3.30. The van der Waals surface area contributed by atoms with E-state index in [-0.39, 0.29) is 23.5 Å². The van der Waals surface area contributed by atoms with Crippen LogP contribution in [0.4, 0.5) is 5.69 Å². The maximum absolute atomic E-state index is 13.2. The third kappa shape index (κ3) is 5.51. The maximum Gasteiger partial charge on any atom is 0.251 e. The number of benzene rings is 2. The lowest BCUT2D eigenvalue weighted by atomic mass is 10.0. The Morgan fingerprint density at radius 3 is 2.10 bits per heavy atom. The number of piperazine rings is 1. The third-order valence-electron chi connectivity index (χ3n) is 5.73. The molecule has 0 unspecified atom stereocenters.